The van der Waals surface area contributed by atoms with Crippen LogP contribution in [0.2, 0.25) is 0 Å². The van der Waals surface area contributed by atoms with E-state index in [4.69, 9.17) is 18.9 Å². The average molecular weight is 575 g/mol. The van der Waals surface area contributed by atoms with Gasteiger partial charge in [0.1, 0.15) is 30.5 Å². The highest BCUT2D eigenvalue weighted by molar-refractivity contribution is 5.69. The molecule has 0 spiro atoms. The first kappa shape index (κ1) is 37.0. The Morgan fingerprint density at radius 3 is 2.10 bits per heavy atom. The van der Waals surface area contributed by atoms with Crippen LogP contribution in [0.25, 0.3) is 0 Å². The van der Waals surface area contributed by atoms with Crippen LogP contribution in [-0.4, -0.2) is 89.6 Å². The fourth-order valence-electron chi connectivity index (χ4n) is 4.59. The van der Waals surface area contributed by atoms with Crippen molar-refractivity contribution in [1.82, 2.24) is 0 Å². The zero-order chi connectivity index (χ0) is 29.4. The number of unbranched alkanes of at least 4 members (excludes halogenated alkanes) is 12. The molecule has 0 bridgehead atoms. The molecule has 9 nitrogen and oxygen atoms in total. The van der Waals surface area contributed by atoms with Crippen LogP contribution in [-0.2, 0) is 23.7 Å². The van der Waals surface area contributed by atoms with Crippen molar-refractivity contribution >= 4 is 5.97 Å². The van der Waals surface area contributed by atoms with Gasteiger partial charge in [-0.3, -0.25) is 4.79 Å². The number of rotatable bonds is 25. The highest BCUT2D eigenvalue weighted by Crippen LogP contribution is 2.22. The first-order chi connectivity index (χ1) is 19.4. The van der Waals surface area contributed by atoms with Crippen LogP contribution < -0.4 is 0 Å². The second kappa shape index (κ2) is 24.5. The van der Waals surface area contributed by atoms with Gasteiger partial charge >= 0.3 is 5.97 Å². The van der Waals surface area contributed by atoms with Gasteiger partial charge in [0.25, 0.3) is 0 Å². The molecule has 6 atom stereocenters. The quantitative estimate of drug-likeness (QED) is 0.0702. The lowest BCUT2D eigenvalue weighted by molar-refractivity contribution is -0.305. The number of esters is 1. The molecule has 0 aromatic rings. The Balaban J connectivity index is 2.36. The molecule has 1 saturated heterocycles. The Bertz CT molecular complexity index is 628. The standard InChI is InChI=1S/C31H58O9/c1-3-5-7-9-10-11-12-13-14-15-17-19-21-37-23-25(39-27(33)20-18-16-8-6-4-2)24-38-31-30(36)29(35)28(34)26(22-32)40-31/h9-10,25-26,28-32,34-36H,3-8,11-24H2,1-2H3/b10-9-. The molecular formula is C31H58O9. The van der Waals surface area contributed by atoms with Crippen molar-refractivity contribution in [1.29, 1.82) is 0 Å². The summed E-state index contributed by atoms with van der Waals surface area (Å²) in [7, 11) is 0. The van der Waals surface area contributed by atoms with Crippen molar-refractivity contribution in [2.45, 2.75) is 153 Å². The van der Waals surface area contributed by atoms with Crippen molar-refractivity contribution in [2.75, 3.05) is 26.4 Å². The molecule has 4 N–H and O–H groups in total. The predicted octanol–water partition coefficient (Wildman–Crippen LogP) is 4.57. The van der Waals surface area contributed by atoms with Gasteiger partial charge in [-0.25, -0.2) is 0 Å². The summed E-state index contributed by atoms with van der Waals surface area (Å²) in [4.78, 5) is 12.4. The van der Waals surface area contributed by atoms with E-state index in [0.29, 0.717) is 13.0 Å². The molecule has 236 valence electrons. The van der Waals surface area contributed by atoms with Gasteiger partial charge in [-0.05, 0) is 32.1 Å². The monoisotopic (exact) mass is 574 g/mol. The zero-order valence-corrected chi connectivity index (χ0v) is 25.1. The van der Waals surface area contributed by atoms with E-state index < -0.39 is 43.4 Å². The van der Waals surface area contributed by atoms with E-state index in [-0.39, 0.29) is 19.2 Å². The number of carbonyl (C=O) groups excluding carboxylic acids is 1. The minimum atomic E-state index is -1.53. The maximum Gasteiger partial charge on any atom is 0.306 e. The summed E-state index contributed by atoms with van der Waals surface area (Å²) >= 11 is 0. The summed E-state index contributed by atoms with van der Waals surface area (Å²) in [5.41, 5.74) is 0. The third-order valence-electron chi connectivity index (χ3n) is 7.18. The van der Waals surface area contributed by atoms with Crippen LogP contribution in [0.3, 0.4) is 0 Å². The second-order valence-electron chi connectivity index (χ2n) is 10.9. The van der Waals surface area contributed by atoms with E-state index in [9.17, 15) is 25.2 Å². The predicted molar refractivity (Wildman–Crippen MR) is 155 cm³/mol. The highest BCUT2D eigenvalue weighted by atomic mass is 16.7. The average Bonchev–Trinajstić information content (AvgIpc) is 2.95. The first-order valence-electron chi connectivity index (χ1n) is 15.8. The first-order valence-corrected chi connectivity index (χ1v) is 15.8. The van der Waals surface area contributed by atoms with E-state index in [1.165, 1.54) is 44.9 Å². The third-order valence-corrected chi connectivity index (χ3v) is 7.18. The van der Waals surface area contributed by atoms with Gasteiger partial charge in [0.05, 0.1) is 19.8 Å². The van der Waals surface area contributed by atoms with Crippen LogP contribution in [0.5, 0.6) is 0 Å². The molecule has 1 aliphatic heterocycles. The van der Waals surface area contributed by atoms with Crippen molar-refractivity contribution in [3.63, 3.8) is 0 Å². The molecule has 9 heteroatoms. The Labute approximate surface area is 242 Å². The second-order valence-corrected chi connectivity index (χ2v) is 10.9. The number of hydrogen-bond acceptors (Lipinski definition) is 9. The van der Waals surface area contributed by atoms with Gasteiger partial charge in [0.15, 0.2) is 6.29 Å². The molecule has 1 rings (SSSR count). The fraction of sp³-hybridized carbons (Fsp3) is 0.903. The lowest BCUT2D eigenvalue weighted by atomic mass is 9.99. The van der Waals surface area contributed by atoms with E-state index in [2.05, 4.69) is 26.0 Å². The topological polar surface area (TPSA) is 135 Å². The molecule has 6 unspecified atom stereocenters. The number of aliphatic hydroxyl groups excluding tert-OH is 4. The van der Waals surface area contributed by atoms with E-state index in [1.54, 1.807) is 0 Å². The van der Waals surface area contributed by atoms with Crippen LogP contribution in [0.15, 0.2) is 12.2 Å². The van der Waals surface area contributed by atoms with Crippen molar-refractivity contribution in [2.24, 2.45) is 0 Å². The summed E-state index contributed by atoms with van der Waals surface area (Å²) in [6.07, 6.45) is 14.2. The molecule has 0 aromatic heterocycles. The molecule has 1 fully saturated rings. The molecule has 1 aliphatic rings. The molecule has 1 heterocycles. The molecule has 0 radical (unpaired) electrons. The van der Waals surface area contributed by atoms with Gasteiger partial charge in [0.2, 0.25) is 0 Å². The molecule has 40 heavy (non-hydrogen) atoms. The van der Waals surface area contributed by atoms with Gasteiger partial charge in [-0.1, -0.05) is 90.2 Å². The number of carbonyl (C=O) groups is 1. The minimum Gasteiger partial charge on any atom is -0.457 e. The summed E-state index contributed by atoms with van der Waals surface area (Å²) in [5, 5.41) is 39.6. The Hall–Kier alpha value is -1.07. The SMILES string of the molecule is CCCC/C=C\CCCCCCCCOCC(COC1OC(CO)C(O)C(O)C1O)OC(=O)CCCCCCC. The van der Waals surface area contributed by atoms with E-state index in [1.807, 2.05) is 0 Å². The lowest BCUT2D eigenvalue weighted by Gasteiger charge is -2.39. The Kier molecular flexibility index (Phi) is 22.7. The molecule has 0 aliphatic carbocycles. The van der Waals surface area contributed by atoms with Crippen molar-refractivity contribution in [3.05, 3.63) is 12.2 Å². The fourth-order valence-corrected chi connectivity index (χ4v) is 4.59. The number of aliphatic hydroxyl groups is 4. The molecular weight excluding hydrogens is 516 g/mol. The van der Waals surface area contributed by atoms with E-state index >= 15 is 0 Å². The summed E-state index contributed by atoms with van der Waals surface area (Å²) in [5.74, 6) is -0.331. The number of hydrogen-bond donors (Lipinski definition) is 4. The summed E-state index contributed by atoms with van der Waals surface area (Å²) < 4.78 is 22.4. The third kappa shape index (κ3) is 17.0. The molecule has 0 saturated carbocycles. The number of allylic oxidation sites excluding steroid dienone is 2. The van der Waals surface area contributed by atoms with Gasteiger partial charge in [0, 0.05) is 13.0 Å². The van der Waals surface area contributed by atoms with E-state index in [0.717, 1.165) is 51.4 Å². The minimum absolute atomic E-state index is 0.114. The van der Waals surface area contributed by atoms with Crippen LogP contribution in [0.1, 0.15) is 117 Å². The summed E-state index contributed by atoms with van der Waals surface area (Å²) in [6, 6.07) is 0. The van der Waals surface area contributed by atoms with Crippen LogP contribution in [0, 0.1) is 0 Å². The normalized spacial score (nSPS) is 24.0. The highest BCUT2D eigenvalue weighted by Gasteiger charge is 2.44. The van der Waals surface area contributed by atoms with Crippen molar-refractivity contribution in [3.8, 4) is 0 Å². The summed E-state index contributed by atoms with van der Waals surface area (Å²) in [6.45, 7) is 4.39. The maximum absolute atomic E-state index is 12.4. The van der Waals surface area contributed by atoms with Gasteiger partial charge < -0.3 is 39.4 Å². The number of ether oxygens (including phenoxy) is 4. The zero-order valence-electron chi connectivity index (χ0n) is 25.1. The van der Waals surface area contributed by atoms with Gasteiger partial charge in [-0.2, -0.15) is 0 Å². The van der Waals surface area contributed by atoms with Crippen molar-refractivity contribution < 1.29 is 44.2 Å². The Morgan fingerprint density at radius 2 is 1.40 bits per heavy atom. The Morgan fingerprint density at radius 1 is 0.775 bits per heavy atom. The molecule has 0 aromatic carbocycles. The van der Waals surface area contributed by atoms with Gasteiger partial charge in [-0.15, -0.1) is 0 Å². The molecule has 0 amide bonds. The van der Waals surface area contributed by atoms with Crippen LogP contribution >= 0.6 is 0 Å². The smallest absolute Gasteiger partial charge is 0.306 e. The largest absolute Gasteiger partial charge is 0.457 e. The van der Waals surface area contributed by atoms with Crippen LogP contribution in [0.4, 0.5) is 0 Å². The lowest BCUT2D eigenvalue weighted by Crippen LogP contribution is -2.59. The maximum atomic E-state index is 12.4.